The highest BCUT2D eigenvalue weighted by Gasteiger charge is 2.18. The Bertz CT molecular complexity index is 694. The smallest absolute Gasteiger partial charge is 0.358 e. The van der Waals surface area contributed by atoms with Crippen LogP contribution in [0.5, 0.6) is 0 Å². The van der Waals surface area contributed by atoms with Crippen LogP contribution in [-0.2, 0) is 21.1 Å². The van der Waals surface area contributed by atoms with Crippen molar-refractivity contribution >= 4 is 17.4 Å². The van der Waals surface area contributed by atoms with Gasteiger partial charge in [0.15, 0.2) is 5.71 Å². The number of benzene rings is 1. The molecule has 1 aromatic carbocycles. The zero-order valence-electron chi connectivity index (χ0n) is 13.1. The van der Waals surface area contributed by atoms with E-state index in [2.05, 4.69) is 27.0 Å². The molecule has 120 valence electrons. The second kappa shape index (κ2) is 7.99. The number of oxime groups is 2. The van der Waals surface area contributed by atoms with Gasteiger partial charge in [0.1, 0.15) is 19.4 Å². The largest absolute Gasteiger partial charge is 0.476 e. The summed E-state index contributed by atoms with van der Waals surface area (Å²) >= 11 is 0. The Balaban J connectivity index is 2.08. The number of carboxylic acids is 1. The molecule has 1 fully saturated rings. The van der Waals surface area contributed by atoms with Crippen molar-refractivity contribution in [2.75, 3.05) is 7.11 Å². The third-order valence-electron chi connectivity index (χ3n) is 3.11. The maximum atomic E-state index is 11.3. The van der Waals surface area contributed by atoms with E-state index < -0.39 is 5.97 Å². The van der Waals surface area contributed by atoms with Crippen LogP contribution in [0.4, 0.5) is 0 Å². The van der Waals surface area contributed by atoms with Crippen LogP contribution in [0.2, 0.25) is 0 Å². The quantitative estimate of drug-likeness (QED) is 0.497. The molecular weight excluding hydrogens is 296 g/mol. The van der Waals surface area contributed by atoms with E-state index in [0.717, 1.165) is 12.8 Å². The van der Waals surface area contributed by atoms with Gasteiger partial charge in [-0.05, 0) is 25.7 Å². The normalized spacial score (nSPS) is 14.7. The molecule has 23 heavy (non-hydrogen) atoms. The van der Waals surface area contributed by atoms with Crippen molar-refractivity contribution < 1.29 is 19.6 Å². The van der Waals surface area contributed by atoms with E-state index in [9.17, 15) is 9.90 Å². The Morgan fingerprint density at radius 2 is 2.09 bits per heavy atom. The summed E-state index contributed by atoms with van der Waals surface area (Å²) in [6, 6.07) is 6.92. The first-order valence-corrected chi connectivity index (χ1v) is 7.22. The number of aliphatic carboxylic acids is 1. The lowest BCUT2D eigenvalue weighted by Crippen LogP contribution is -2.17. The fraction of sp³-hybridized carbons (Fsp3) is 0.353. The summed E-state index contributed by atoms with van der Waals surface area (Å²) in [4.78, 5) is 21.2. The van der Waals surface area contributed by atoms with E-state index >= 15 is 0 Å². The summed E-state index contributed by atoms with van der Waals surface area (Å²) in [5, 5.41) is 16.7. The van der Waals surface area contributed by atoms with Crippen molar-refractivity contribution in [3.05, 3.63) is 35.4 Å². The van der Waals surface area contributed by atoms with Crippen molar-refractivity contribution in [2.24, 2.45) is 16.2 Å². The van der Waals surface area contributed by atoms with Crippen LogP contribution < -0.4 is 0 Å². The third-order valence-corrected chi connectivity index (χ3v) is 3.11. The van der Waals surface area contributed by atoms with Crippen LogP contribution in [-0.4, -0.2) is 29.6 Å². The lowest BCUT2D eigenvalue weighted by atomic mass is 10.0. The molecule has 1 aromatic rings. The first-order valence-electron chi connectivity index (χ1n) is 7.22. The van der Waals surface area contributed by atoms with Crippen molar-refractivity contribution in [3.63, 3.8) is 0 Å². The molecule has 0 atom stereocenters. The van der Waals surface area contributed by atoms with Gasteiger partial charge >= 0.3 is 5.97 Å². The number of rotatable bonds is 6. The summed E-state index contributed by atoms with van der Waals surface area (Å²) in [5.41, 5.74) is 1.50. The summed E-state index contributed by atoms with van der Waals surface area (Å²) in [7, 11) is 1.30. The van der Waals surface area contributed by atoms with Crippen molar-refractivity contribution in [1.82, 2.24) is 0 Å². The minimum absolute atomic E-state index is 0.120. The molecule has 1 aliphatic rings. The average Bonchev–Trinajstić information content (AvgIpc) is 3.35. The standard InChI is InChI=1S/C17H18N2O4/c1-12(7-8-13-9-10-13)18-23-11-14-5-3-4-6-15(14)16(17(20)21)19-22-2/h3-6,13H,9-11H2,1-2H3,(H,20,21)/b18-12+,19-16+. The highest BCUT2D eigenvalue weighted by Crippen LogP contribution is 2.27. The molecule has 2 rings (SSSR count). The Labute approximate surface area is 134 Å². The van der Waals surface area contributed by atoms with Crippen LogP contribution in [0, 0.1) is 17.8 Å². The molecule has 0 spiro atoms. The molecule has 0 unspecified atom stereocenters. The van der Waals surface area contributed by atoms with Gasteiger partial charge in [-0.3, -0.25) is 0 Å². The third kappa shape index (κ3) is 5.15. The first kappa shape index (κ1) is 16.6. The summed E-state index contributed by atoms with van der Waals surface area (Å²) in [5.74, 6) is 5.37. The van der Waals surface area contributed by atoms with Crippen molar-refractivity contribution in [2.45, 2.75) is 26.4 Å². The van der Waals surface area contributed by atoms with E-state index in [4.69, 9.17) is 4.84 Å². The molecule has 0 radical (unpaired) electrons. The topological polar surface area (TPSA) is 80.5 Å². The second-order valence-corrected chi connectivity index (χ2v) is 5.08. The fourth-order valence-corrected chi connectivity index (χ4v) is 1.83. The van der Waals surface area contributed by atoms with Gasteiger partial charge in [-0.25, -0.2) is 4.79 Å². The van der Waals surface area contributed by atoms with Gasteiger partial charge in [-0.1, -0.05) is 40.5 Å². The second-order valence-electron chi connectivity index (χ2n) is 5.08. The van der Waals surface area contributed by atoms with Crippen LogP contribution in [0.25, 0.3) is 0 Å². The van der Waals surface area contributed by atoms with Gasteiger partial charge in [0, 0.05) is 17.0 Å². The van der Waals surface area contributed by atoms with Crippen LogP contribution >= 0.6 is 0 Å². The molecule has 0 saturated heterocycles. The molecule has 6 heteroatoms. The van der Waals surface area contributed by atoms with Crippen molar-refractivity contribution in [1.29, 1.82) is 0 Å². The molecule has 1 saturated carbocycles. The van der Waals surface area contributed by atoms with Gasteiger partial charge in [-0.15, -0.1) is 0 Å². The van der Waals surface area contributed by atoms with E-state index in [1.165, 1.54) is 7.11 Å². The fourth-order valence-electron chi connectivity index (χ4n) is 1.83. The predicted molar refractivity (Wildman–Crippen MR) is 86.0 cm³/mol. The van der Waals surface area contributed by atoms with Gasteiger partial charge in [0.05, 0.1) is 0 Å². The Kier molecular flexibility index (Phi) is 5.75. The average molecular weight is 314 g/mol. The van der Waals surface area contributed by atoms with Crippen molar-refractivity contribution in [3.8, 4) is 11.8 Å². The maximum absolute atomic E-state index is 11.3. The number of nitrogens with zero attached hydrogens (tertiary/aromatic N) is 2. The van der Waals surface area contributed by atoms with E-state index in [1.807, 2.05) is 0 Å². The Hall–Kier alpha value is -2.81. The van der Waals surface area contributed by atoms with E-state index in [-0.39, 0.29) is 12.3 Å². The number of carbonyl (C=O) groups is 1. The lowest BCUT2D eigenvalue weighted by molar-refractivity contribution is -0.129. The van der Waals surface area contributed by atoms with Gasteiger partial charge in [0.25, 0.3) is 0 Å². The summed E-state index contributed by atoms with van der Waals surface area (Å²) < 4.78 is 0. The zero-order valence-corrected chi connectivity index (χ0v) is 13.1. The Morgan fingerprint density at radius 3 is 2.74 bits per heavy atom. The minimum atomic E-state index is -1.17. The molecule has 0 aromatic heterocycles. The number of hydrogen-bond donors (Lipinski definition) is 1. The predicted octanol–water partition coefficient (Wildman–Crippen LogP) is 2.43. The van der Waals surface area contributed by atoms with Crippen LogP contribution in [0.15, 0.2) is 34.6 Å². The van der Waals surface area contributed by atoms with Crippen LogP contribution in [0.1, 0.15) is 30.9 Å². The number of hydrogen-bond acceptors (Lipinski definition) is 5. The maximum Gasteiger partial charge on any atom is 0.358 e. The van der Waals surface area contributed by atoms with Gasteiger partial charge in [-0.2, -0.15) is 0 Å². The first-order chi connectivity index (χ1) is 11.1. The zero-order chi connectivity index (χ0) is 16.7. The molecule has 1 N–H and O–H groups in total. The van der Waals surface area contributed by atoms with Gasteiger partial charge < -0.3 is 14.8 Å². The minimum Gasteiger partial charge on any atom is -0.476 e. The lowest BCUT2D eigenvalue weighted by Gasteiger charge is -2.07. The highest BCUT2D eigenvalue weighted by molar-refractivity contribution is 6.42. The molecule has 1 aliphatic carbocycles. The molecular formula is C17H18N2O4. The summed E-state index contributed by atoms with van der Waals surface area (Å²) in [6.45, 7) is 1.89. The van der Waals surface area contributed by atoms with Gasteiger partial charge in [0.2, 0.25) is 0 Å². The molecule has 0 amide bonds. The van der Waals surface area contributed by atoms with E-state index in [0.29, 0.717) is 22.8 Å². The van der Waals surface area contributed by atoms with E-state index in [1.54, 1.807) is 31.2 Å². The summed E-state index contributed by atoms with van der Waals surface area (Å²) in [6.07, 6.45) is 2.32. The highest BCUT2D eigenvalue weighted by atomic mass is 16.6. The van der Waals surface area contributed by atoms with Crippen LogP contribution in [0.3, 0.4) is 0 Å². The Morgan fingerprint density at radius 1 is 1.35 bits per heavy atom. The molecule has 0 heterocycles. The number of carboxylic acid groups (broad SMARTS) is 1. The molecule has 0 aliphatic heterocycles. The SMILES string of the molecule is CO/N=C(/C(=O)O)c1ccccc1CO/N=C(\C)C#CC1CC1. The monoisotopic (exact) mass is 314 g/mol. The molecule has 0 bridgehead atoms. The molecule has 6 nitrogen and oxygen atoms in total.